The second-order valence-electron chi connectivity index (χ2n) is 6.03. The van der Waals surface area contributed by atoms with Crippen LogP contribution in [0.25, 0.3) is 0 Å². The molecule has 6 nitrogen and oxygen atoms in total. The van der Waals surface area contributed by atoms with Gasteiger partial charge >= 0.3 is 0 Å². The van der Waals surface area contributed by atoms with Gasteiger partial charge < -0.3 is 10.6 Å². The van der Waals surface area contributed by atoms with Gasteiger partial charge in [-0.15, -0.1) is 0 Å². The zero-order chi connectivity index (χ0) is 15.9. The standard InChI is InChI=1S/C15H21N3O3S/c1-11-8-13(18-10-12(16)9-15(18)19)4-5-14(11)22(20,21)17-6-2-3-7-17/h4-5,8,12H,2-3,6-7,9-10,16H2,1H3. The molecule has 7 heteroatoms. The molecule has 2 fully saturated rings. The number of amides is 1. The summed E-state index contributed by atoms with van der Waals surface area (Å²) in [6.45, 7) is 3.43. The first-order chi connectivity index (χ1) is 10.4. The molecule has 0 saturated carbocycles. The third-order valence-corrected chi connectivity index (χ3v) is 6.37. The fourth-order valence-electron chi connectivity index (χ4n) is 3.14. The second-order valence-corrected chi connectivity index (χ2v) is 7.94. The highest BCUT2D eigenvalue weighted by Gasteiger charge is 2.31. The lowest BCUT2D eigenvalue weighted by molar-refractivity contribution is -0.117. The molecular formula is C15H21N3O3S. The van der Waals surface area contributed by atoms with Crippen LogP contribution < -0.4 is 10.6 Å². The summed E-state index contributed by atoms with van der Waals surface area (Å²) in [4.78, 5) is 13.9. The van der Waals surface area contributed by atoms with E-state index in [1.165, 1.54) is 4.31 Å². The van der Waals surface area contributed by atoms with Crippen molar-refractivity contribution in [1.29, 1.82) is 0 Å². The number of anilines is 1. The molecule has 3 rings (SSSR count). The Hall–Kier alpha value is -1.44. The van der Waals surface area contributed by atoms with Crippen molar-refractivity contribution >= 4 is 21.6 Å². The molecule has 0 aromatic heterocycles. The topological polar surface area (TPSA) is 83.7 Å². The van der Waals surface area contributed by atoms with Crippen molar-refractivity contribution < 1.29 is 13.2 Å². The molecule has 1 amide bonds. The SMILES string of the molecule is Cc1cc(N2CC(N)CC2=O)ccc1S(=O)(=O)N1CCCC1. The number of sulfonamides is 1. The number of hydrogen-bond donors (Lipinski definition) is 1. The van der Waals surface area contributed by atoms with Crippen LogP contribution in [-0.4, -0.2) is 44.3 Å². The lowest BCUT2D eigenvalue weighted by Crippen LogP contribution is -2.29. The molecule has 1 aromatic carbocycles. The van der Waals surface area contributed by atoms with Crippen LogP contribution in [0, 0.1) is 6.92 Å². The first-order valence-electron chi connectivity index (χ1n) is 7.56. The Balaban J connectivity index is 1.91. The fraction of sp³-hybridized carbons (Fsp3) is 0.533. The summed E-state index contributed by atoms with van der Waals surface area (Å²) in [6.07, 6.45) is 2.17. The Morgan fingerprint density at radius 2 is 1.91 bits per heavy atom. The highest BCUT2D eigenvalue weighted by molar-refractivity contribution is 7.89. The molecular weight excluding hydrogens is 302 g/mol. The van der Waals surface area contributed by atoms with E-state index in [1.54, 1.807) is 30.0 Å². The largest absolute Gasteiger partial charge is 0.326 e. The summed E-state index contributed by atoms with van der Waals surface area (Å²) in [7, 11) is -3.43. The zero-order valence-corrected chi connectivity index (χ0v) is 13.5. The van der Waals surface area contributed by atoms with E-state index >= 15 is 0 Å². The third-order valence-electron chi connectivity index (χ3n) is 4.31. The Morgan fingerprint density at radius 3 is 2.45 bits per heavy atom. The molecule has 2 aliphatic heterocycles. The molecule has 0 spiro atoms. The lowest BCUT2D eigenvalue weighted by Gasteiger charge is -2.20. The molecule has 1 unspecified atom stereocenters. The number of nitrogens with two attached hydrogens (primary N) is 1. The molecule has 2 saturated heterocycles. The van der Waals surface area contributed by atoms with Crippen LogP contribution in [0.5, 0.6) is 0 Å². The number of aryl methyl sites for hydroxylation is 1. The maximum atomic E-state index is 12.6. The Labute approximate surface area is 130 Å². The predicted octanol–water partition coefficient (Wildman–Crippen LogP) is 0.844. The summed E-state index contributed by atoms with van der Waals surface area (Å²) in [5, 5.41) is 0. The molecule has 2 N–H and O–H groups in total. The minimum Gasteiger partial charge on any atom is -0.326 e. The van der Waals surface area contributed by atoms with Gasteiger partial charge in [0.25, 0.3) is 0 Å². The van der Waals surface area contributed by atoms with E-state index in [2.05, 4.69) is 0 Å². The number of carbonyl (C=O) groups excluding carboxylic acids is 1. The maximum absolute atomic E-state index is 12.6. The van der Waals surface area contributed by atoms with Crippen LogP contribution in [0.1, 0.15) is 24.8 Å². The van der Waals surface area contributed by atoms with E-state index < -0.39 is 10.0 Å². The number of nitrogens with zero attached hydrogens (tertiary/aromatic N) is 2. The zero-order valence-electron chi connectivity index (χ0n) is 12.7. The first-order valence-corrected chi connectivity index (χ1v) is 9.00. The van der Waals surface area contributed by atoms with Crippen molar-refractivity contribution in [3.05, 3.63) is 23.8 Å². The van der Waals surface area contributed by atoms with Gasteiger partial charge in [0.1, 0.15) is 0 Å². The van der Waals surface area contributed by atoms with Crippen LogP contribution >= 0.6 is 0 Å². The molecule has 1 atom stereocenters. The van der Waals surface area contributed by atoms with E-state index in [0.717, 1.165) is 18.5 Å². The molecule has 0 bridgehead atoms. The van der Waals surface area contributed by atoms with Gasteiger partial charge in [-0.1, -0.05) is 0 Å². The van der Waals surface area contributed by atoms with Crippen LogP contribution in [-0.2, 0) is 14.8 Å². The molecule has 22 heavy (non-hydrogen) atoms. The van der Waals surface area contributed by atoms with Gasteiger partial charge in [0, 0.05) is 37.8 Å². The van der Waals surface area contributed by atoms with Crippen molar-refractivity contribution in [3.63, 3.8) is 0 Å². The molecule has 120 valence electrons. The normalized spacial score (nSPS) is 23.5. The first kappa shape index (κ1) is 15.5. The fourth-order valence-corrected chi connectivity index (χ4v) is 4.87. The van der Waals surface area contributed by atoms with E-state index in [1.807, 2.05) is 0 Å². The predicted molar refractivity (Wildman–Crippen MR) is 84.1 cm³/mol. The van der Waals surface area contributed by atoms with Gasteiger partial charge in [-0.3, -0.25) is 4.79 Å². The quantitative estimate of drug-likeness (QED) is 0.893. The van der Waals surface area contributed by atoms with Gasteiger partial charge in [0.05, 0.1) is 4.90 Å². The molecule has 0 radical (unpaired) electrons. The van der Waals surface area contributed by atoms with Gasteiger partial charge in [-0.2, -0.15) is 4.31 Å². The highest BCUT2D eigenvalue weighted by Crippen LogP contribution is 2.28. The van der Waals surface area contributed by atoms with Crippen molar-refractivity contribution in [2.45, 2.75) is 37.1 Å². The Kier molecular flexibility index (Phi) is 3.96. The number of rotatable bonds is 3. The summed E-state index contributed by atoms with van der Waals surface area (Å²) >= 11 is 0. The van der Waals surface area contributed by atoms with Gasteiger partial charge in [-0.05, 0) is 43.5 Å². The number of benzene rings is 1. The van der Waals surface area contributed by atoms with E-state index in [4.69, 9.17) is 5.73 Å². The van der Waals surface area contributed by atoms with Crippen molar-refractivity contribution in [1.82, 2.24) is 4.31 Å². The van der Waals surface area contributed by atoms with Gasteiger partial charge in [-0.25, -0.2) is 8.42 Å². The minimum absolute atomic E-state index is 0.0120. The second kappa shape index (κ2) is 5.64. The number of hydrogen-bond acceptors (Lipinski definition) is 4. The van der Waals surface area contributed by atoms with E-state index in [-0.39, 0.29) is 11.9 Å². The summed E-state index contributed by atoms with van der Waals surface area (Å²) in [6, 6.07) is 4.92. The smallest absolute Gasteiger partial charge is 0.243 e. The van der Waals surface area contributed by atoms with Crippen LogP contribution in [0.2, 0.25) is 0 Å². The Bertz CT molecular complexity index is 696. The molecule has 2 aliphatic rings. The number of carbonyl (C=O) groups is 1. The van der Waals surface area contributed by atoms with Crippen molar-refractivity contribution in [3.8, 4) is 0 Å². The van der Waals surface area contributed by atoms with Crippen molar-refractivity contribution in [2.75, 3.05) is 24.5 Å². The lowest BCUT2D eigenvalue weighted by atomic mass is 10.2. The average molecular weight is 323 g/mol. The summed E-state index contributed by atoms with van der Waals surface area (Å²) in [5.74, 6) is -0.0120. The Morgan fingerprint density at radius 1 is 1.23 bits per heavy atom. The van der Waals surface area contributed by atoms with Crippen molar-refractivity contribution in [2.24, 2.45) is 5.73 Å². The monoisotopic (exact) mass is 323 g/mol. The van der Waals surface area contributed by atoms with Crippen LogP contribution in [0.4, 0.5) is 5.69 Å². The van der Waals surface area contributed by atoms with Crippen LogP contribution in [0.3, 0.4) is 0 Å². The van der Waals surface area contributed by atoms with Gasteiger partial charge in [0.15, 0.2) is 0 Å². The summed E-state index contributed by atoms with van der Waals surface area (Å²) < 4.78 is 26.8. The van der Waals surface area contributed by atoms with E-state index in [9.17, 15) is 13.2 Å². The van der Waals surface area contributed by atoms with Crippen LogP contribution in [0.15, 0.2) is 23.1 Å². The average Bonchev–Trinajstić information content (AvgIpc) is 3.08. The molecule has 1 aromatic rings. The summed E-state index contributed by atoms with van der Waals surface area (Å²) in [5.41, 5.74) is 7.19. The van der Waals surface area contributed by atoms with Gasteiger partial charge in [0.2, 0.25) is 15.9 Å². The molecule has 2 heterocycles. The highest BCUT2D eigenvalue weighted by atomic mass is 32.2. The third kappa shape index (κ3) is 2.64. The minimum atomic E-state index is -3.43. The van der Waals surface area contributed by atoms with E-state index in [0.29, 0.717) is 36.5 Å². The molecule has 0 aliphatic carbocycles. The maximum Gasteiger partial charge on any atom is 0.243 e.